The topological polar surface area (TPSA) is 82.2 Å². The molecule has 88 valence electrons. The van der Waals surface area contributed by atoms with Gasteiger partial charge in [0, 0.05) is 0 Å². The number of nitrogens with one attached hydrogen (secondary N) is 2. The molecule has 1 amide bonds. The highest BCUT2D eigenvalue weighted by Crippen LogP contribution is 2.21. The summed E-state index contributed by atoms with van der Waals surface area (Å²) in [5, 5.41) is 11.5. The van der Waals surface area contributed by atoms with E-state index in [0.717, 1.165) is 0 Å². The van der Waals surface area contributed by atoms with E-state index in [-0.39, 0.29) is 15.9 Å². The van der Waals surface area contributed by atoms with Crippen molar-refractivity contribution in [2.24, 2.45) is 0 Å². The highest BCUT2D eigenvalue weighted by molar-refractivity contribution is 6.41. The lowest BCUT2D eigenvalue weighted by Crippen LogP contribution is -2.40. The van der Waals surface area contributed by atoms with Gasteiger partial charge in [-0.05, 0) is 12.5 Å². The Kier molecular flexibility index (Phi) is 4.20. The van der Waals surface area contributed by atoms with E-state index in [1.165, 1.54) is 6.07 Å². The Labute approximate surface area is 102 Å². The van der Waals surface area contributed by atoms with Crippen molar-refractivity contribution in [1.29, 1.82) is 0 Å². The second-order valence-electron chi connectivity index (χ2n) is 3.12. The van der Waals surface area contributed by atoms with Crippen molar-refractivity contribution in [1.82, 2.24) is 10.3 Å². The van der Waals surface area contributed by atoms with Crippen LogP contribution in [0.1, 0.15) is 23.8 Å². The third-order valence-electron chi connectivity index (χ3n) is 1.98. The van der Waals surface area contributed by atoms with Crippen LogP contribution in [0.2, 0.25) is 10.2 Å². The Morgan fingerprint density at radius 1 is 1.56 bits per heavy atom. The maximum Gasteiger partial charge on any atom is 0.326 e. The molecule has 0 saturated carbocycles. The summed E-state index contributed by atoms with van der Waals surface area (Å²) >= 11 is 11.3. The molecule has 1 aromatic rings. The molecule has 1 aromatic heterocycles. The van der Waals surface area contributed by atoms with Crippen molar-refractivity contribution < 1.29 is 14.7 Å². The Morgan fingerprint density at radius 3 is 2.56 bits per heavy atom. The standard InChI is InChI=1S/C9H10Cl2N2O3/c1-2-5(9(15)16)13-8(14)6-3-4(10)7(11)12-6/h3,5,12H,2H2,1H3,(H,13,14)(H,15,16). The van der Waals surface area contributed by atoms with Crippen LogP contribution in [0, 0.1) is 0 Å². The summed E-state index contributed by atoms with van der Waals surface area (Å²) < 4.78 is 0. The molecule has 0 aliphatic carbocycles. The van der Waals surface area contributed by atoms with Crippen LogP contribution in [-0.2, 0) is 4.79 Å². The molecule has 0 aliphatic rings. The predicted molar refractivity (Wildman–Crippen MR) is 60.0 cm³/mol. The van der Waals surface area contributed by atoms with E-state index in [2.05, 4.69) is 10.3 Å². The van der Waals surface area contributed by atoms with Gasteiger partial charge in [-0.2, -0.15) is 0 Å². The van der Waals surface area contributed by atoms with Crippen LogP contribution >= 0.6 is 23.2 Å². The number of carboxylic acids is 1. The first-order valence-electron chi connectivity index (χ1n) is 4.53. The molecule has 7 heteroatoms. The first-order chi connectivity index (χ1) is 7.45. The van der Waals surface area contributed by atoms with Gasteiger partial charge < -0.3 is 15.4 Å². The highest BCUT2D eigenvalue weighted by Gasteiger charge is 2.20. The number of amides is 1. The van der Waals surface area contributed by atoms with Gasteiger partial charge in [-0.1, -0.05) is 30.1 Å². The number of aliphatic carboxylic acids is 1. The van der Waals surface area contributed by atoms with E-state index in [1.54, 1.807) is 6.92 Å². The van der Waals surface area contributed by atoms with E-state index < -0.39 is 17.9 Å². The minimum absolute atomic E-state index is 0.134. The van der Waals surface area contributed by atoms with Gasteiger partial charge >= 0.3 is 5.97 Å². The first-order valence-corrected chi connectivity index (χ1v) is 5.29. The Morgan fingerprint density at radius 2 is 2.19 bits per heavy atom. The fourth-order valence-corrected chi connectivity index (χ4v) is 1.41. The minimum atomic E-state index is -1.08. The number of carboxylic acid groups (broad SMARTS) is 1. The van der Waals surface area contributed by atoms with Crippen LogP contribution in [0.4, 0.5) is 0 Å². The summed E-state index contributed by atoms with van der Waals surface area (Å²) in [6.45, 7) is 1.66. The average molecular weight is 265 g/mol. The smallest absolute Gasteiger partial charge is 0.326 e. The number of carbonyl (C=O) groups excluding carboxylic acids is 1. The largest absolute Gasteiger partial charge is 0.480 e. The van der Waals surface area contributed by atoms with Gasteiger partial charge in [-0.3, -0.25) is 4.79 Å². The van der Waals surface area contributed by atoms with Crippen molar-refractivity contribution in [2.75, 3.05) is 0 Å². The van der Waals surface area contributed by atoms with Gasteiger partial charge in [0.15, 0.2) is 0 Å². The van der Waals surface area contributed by atoms with Gasteiger partial charge in [0.1, 0.15) is 16.9 Å². The van der Waals surface area contributed by atoms with Gasteiger partial charge in [0.05, 0.1) is 5.02 Å². The SMILES string of the molecule is CCC(NC(=O)c1cc(Cl)c(Cl)[nH]1)C(=O)O. The quantitative estimate of drug-likeness (QED) is 0.777. The zero-order valence-electron chi connectivity index (χ0n) is 8.38. The summed E-state index contributed by atoms with van der Waals surface area (Å²) in [6, 6.07) is 0.418. The zero-order chi connectivity index (χ0) is 12.3. The molecule has 3 N–H and O–H groups in total. The third kappa shape index (κ3) is 2.90. The van der Waals surface area contributed by atoms with Crippen LogP contribution in [-0.4, -0.2) is 28.0 Å². The Bertz CT molecular complexity index is 397. The number of rotatable bonds is 4. The number of aromatic nitrogens is 1. The van der Waals surface area contributed by atoms with Gasteiger partial charge in [-0.25, -0.2) is 4.79 Å². The third-order valence-corrected chi connectivity index (χ3v) is 2.67. The summed E-state index contributed by atoms with van der Waals surface area (Å²) in [4.78, 5) is 24.8. The van der Waals surface area contributed by atoms with Crippen LogP contribution < -0.4 is 5.32 Å². The van der Waals surface area contributed by atoms with E-state index in [1.807, 2.05) is 0 Å². The molecule has 0 aromatic carbocycles. The fourth-order valence-electron chi connectivity index (χ4n) is 1.10. The number of hydrogen-bond acceptors (Lipinski definition) is 2. The van der Waals surface area contributed by atoms with E-state index >= 15 is 0 Å². The summed E-state index contributed by atoms with van der Waals surface area (Å²) in [6.07, 6.45) is 0.295. The molecule has 5 nitrogen and oxygen atoms in total. The number of hydrogen-bond donors (Lipinski definition) is 3. The second-order valence-corrected chi connectivity index (χ2v) is 3.90. The fraction of sp³-hybridized carbons (Fsp3) is 0.333. The molecule has 0 saturated heterocycles. The molecule has 1 atom stereocenters. The second kappa shape index (κ2) is 5.23. The monoisotopic (exact) mass is 264 g/mol. The van der Waals surface area contributed by atoms with Crippen LogP contribution in [0.5, 0.6) is 0 Å². The minimum Gasteiger partial charge on any atom is -0.480 e. The lowest BCUT2D eigenvalue weighted by Gasteiger charge is -2.10. The molecule has 1 unspecified atom stereocenters. The van der Waals surface area contributed by atoms with Crippen LogP contribution in [0.3, 0.4) is 0 Å². The number of carbonyl (C=O) groups is 2. The Balaban J connectivity index is 2.75. The molecule has 0 radical (unpaired) electrons. The zero-order valence-corrected chi connectivity index (χ0v) is 9.89. The molecular weight excluding hydrogens is 255 g/mol. The molecule has 0 aliphatic heterocycles. The first kappa shape index (κ1) is 12.9. The van der Waals surface area contributed by atoms with Crippen molar-refractivity contribution >= 4 is 35.1 Å². The molecule has 16 heavy (non-hydrogen) atoms. The van der Waals surface area contributed by atoms with Crippen LogP contribution in [0.15, 0.2) is 6.07 Å². The van der Waals surface area contributed by atoms with Crippen molar-refractivity contribution in [3.05, 3.63) is 21.9 Å². The van der Waals surface area contributed by atoms with Crippen molar-refractivity contribution in [3.63, 3.8) is 0 Å². The lowest BCUT2D eigenvalue weighted by atomic mass is 10.2. The van der Waals surface area contributed by atoms with Crippen molar-refractivity contribution in [2.45, 2.75) is 19.4 Å². The van der Waals surface area contributed by atoms with Gasteiger partial charge in [-0.15, -0.1) is 0 Å². The predicted octanol–water partition coefficient (Wildman–Crippen LogP) is 1.91. The lowest BCUT2D eigenvalue weighted by molar-refractivity contribution is -0.139. The maximum absolute atomic E-state index is 11.6. The molecule has 1 heterocycles. The summed E-state index contributed by atoms with van der Waals surface area (Å²) in [7, 11) is 0. The molecule has 0 fully saturated rings. The Hall–Kier alpha value is -1.20. The number of halogens is 2. The maximum atomic E-state index is 11.6. The average Bonchev–Trinajstić information content (AvgIpc) is 2.55. The molecule has 1 rings (SSSR count). The highest BCUT2D eigenvalue weighted by atomic mass is 35.5. The van der Waals surface area contributed by atoms with E-state index in [0.29, 0.717) is 6.42 Å². The number of aromatic amines is 1. The number of H-pyrrole nitrogens is 1. The molecule has 0 bridgehead atoms. The normalized spacial score (nSPS) is 12.2. The van der Waals surface area contributed by atoms with Crippen LogP contribution in [0.25, 0.3) is 0 Å². The summed E-state index contributed by atoms with van der Waals surface area (Å²) in [5.41, 5.74) is 0.134. The van der Waals surface area contributed by atoms with E-state index in [4.69, 9.17) is 28.3 Å². The van der Waals surface area contributed by atoms with E-state index in [9.17, 15) is 9.59 Å². The van der Waals surface area contributed by atoms with Crippen molar-refractivity contribution in [3.8, 4) is 0 Å². The van der Waals surface area contributed by atoms with Gasteiger partial charge in [0.25, 0.3) is 5.91 Å². The summed E-state index contributed by atoms with van der Waals surface area (Å²) in [5.74, 6) is -1.64. The molecule has 0 spiro atoms. The van der Waals surface area contributed by atoms with Gasteiger partial charge in [0.2, 0.25) is 0 Å². The molecular formula is C9H10Cl2N2O3.